The lowest BCUT2D eigenvalue weighted by Gasteiger charge is -2.41. The Morgan fingerprint density at radius 1 is 1.11 bits per heavy atom. The summed E-state index contributed by atoms with van der Waals surface area (Å²) in [6.07, 6.45) is 5.71. The summed E-state index contributed by atoms with van der Waals surface area (Å²) in [5, 5.41) is 21.9. The number of ether oxygens (including phenoxy) is 1. The molecule has 0 bridgehead atoms. The molecule has 12 nitrogen and oxygen atoms in total. The lowest BCUT2D eigenvalue weighted by Crippen LogP contribution is -2.55. The summed E-state index contributed by atoms with van der Waals surface area (Å²) in [7, 11) is 2.17. The van der Waals surface area contributed by atoms with Crippen LogP contribution in [0.25, 0.3) is 10.8 Å². The summed E-state index contributed by atoms with van der Waals surface area (Å²) in [5.41, 5.74) is 2.91. The quantitative estimate of drug-likeness (QED) is 0.412. The number of fused-ring (bicyclic) bond motifs is 2. The van der Waals surface area contributed by atoms with Crippen LogP contribution >= 0.6 is 11.6 Å². The van der Waals surface area contributed by atoms with Gasteiger partial charge in [-0.25, -0.2) is 4.79 Å². The van der Waals surface area contributed by atoms with Crippen LogP contribution in [0.3, 0.4) is 0 Å². The molecule has 0 spiro atoms. The highest BCUT2D eigenvalue weighted by Crippen LogP contribution is 2.43. The number of carbonyl (C=O) groups is 1. The number of benzene rings is 1. The zero-order valence-electron chi connectivity index (χ0n) is 25.5. The van der Waals surface area contributed by atoms with Crippen molar-refractivity contribution in [1.82, 2.24) is 29.7 Å². The molecule has 1 saturated carbocycles. The second kappa shape index (κ2) is 12.1. The number of carboxylic acid groups (broad SMARTS) is 1. The second-order valence-electron chi connectivity index (χ2n) is 12.7. The highest BCUT2D eigenvalue weighted by atomic mass is 35.5. The number of halogens is 1. The van der Waals surface area contributed by atoms with E-state index in [1.807, 2.05) is 30.6 Å². The first kappa shape index (κ1) is 29.8. The number of amides is 1. The molecule has 2 saturated heterocycles. The zero-order valence-corrected chi connectivity index (χ0v) is 26.3. The van der Waals surface area contributed by atoms with Crippen LogP contribution in [0.1, 0.15) is 30.5 Å². The number of piperazine rings is 2. The molecule has 1 aromatic carbocycles. The molecule has 5 heterocycles. The molecular weight excluding hydrogens is 594 g/mol. The van der Waals surface area contributed by atoms with Crippen molar-refractivity contribution in [3.05, 3.63) is 46.9 Å². The van der Waals surface area contributed by atoms with Crippen LogP contribution in [0.15, 0.2) is 30.6 Å². The maximum Gasteiger partial charge on any atom is 0.407 e. The molecule has 7 rings (SSSR count). The molecule has 3 fully saturated rings. The van der Waals surface area contributed by atoms with E-state index < -0.39 is 12.1 Å². The van der Waals surface area contributed by atoms with Gasteiger partial charge < -0.3 is 29.4 Å². The van der Waals surface area contributed by atoms with Gasteiger partial charge in [0.15, 0.2) is 0 Å². The predicted molar refractivity (Wildman–Crippen MR) is 171 cm³/mol. The van der Waals surface area contributed by atoms with E-state index in [0.717, 1.165) is 79.1 Å². The van der Waals surface area contributed by atoms with Gasteiger partial charge in [-0.1, -0.05) is 23.7 Å². The maximum atomic E-state index is 11.9. The minimum absolute atomic E-state index is 0.0309. The molecule has 1 N–H and O–H groups in total. The third-order valence-electron chi connectivity index (χ3n) is 9.90. The first-order chi connectivity index (χ1) is 21.8. The maximum absolute atomic E-state index is 11.9. The molecule has 1 amide bonds. The highest BCUT2D eigenvalue weighted by Gasteiger charge is 2.49. The number of aromatic nitrogens is 3. The van der Waals surface area contributed by atoms with Gasteiger partial charge in [0.2, 0.25) is 0 Å². The fourth-order valence-electron chi connectivity index (χ4n) is 7.09. The summed E-state index contributed by atoms with van der Waals surface area (Å²) in [4.78, 5) is 37.1. The summed E-state index contributed by atoms with van der Waals surface area (Å²) >= 11 is 6.69. The van der Waals surface area contributed by atoms with Gasteiger partial charge in [-0.15, -0.1) is 0 Å². The Bertz CT molecular complexity index is 1630. The molecule has 4 aliphatic rings. The number of nitrogens with zero attached hydrogens (tertiary/aromatic N) is 9. The van der Waals surface area contributed by atoms with Crippen molar-refractivity contribution in [2.45, 2.75) is 43.8 Å². The van der Waals surface area contributed by atoms with Crippen LogP contribution in [-0.2, 0) is 13.0 Å². The van der Waals surface area contributed by atoms with E-state index >= 15 is 0 Å². The average Bonchev–Trinajstić information content (AvgIpc) is 3.84. The largest absolute Gasteiger partial charge is 0.465 e. The van der Waals surface area contributed by atoms with Crippen LogP contribution in [0.2, 0.25) is 5.02 Å². The van der Waals surface area contributed by atoms with Gasteiger partial charge in [-0.05, 0) is 32.4 Å². The van der Waals surface area contributed by atoms with E-state index in [1.165, 1.54) is 4.90 Å². The van der Waals surface area contributed by atoms with E-state index in [2.05, 4.69) is 37.7 Å². The van der Waals surface area contributed by atoms with Gasteiger partial charge in [0.1, 0.15) is 12.4 Å². The molecular formula is C32H38ClN9O3. The van der Waals surface area contributed by atoms with Crippen LogP contribution in [0, 0.1) is 11.3 Å². The highest BCUT2D eigenvalue weighted by molar-refractivity contribution is 6.36. The standard InChI is InChI=1S/C32H38ClN9O3/c1-38-11-14-41(15-12-38)32(7-8-32)21-45-30-36-26-20-39(27-18-35-17-22-3-2-4-25(33)28(22)27)10-6-24(26)29(37-30)40-13-16-42(31(43)44)23(19-40)5-9-34/h2-4,17-18,23H,5-8,10-16,19-21H2,1H3,(H,43,44)/t23-/m0/s1. The summed E-state index contributed by atoms with van der Waals surface area (Å²) in [5.74, 6) is 0.779. The van der Waals surface area contributed by atoms with Crippen molar-refractivity contribution in [2.75, 3.05) is 75.8 Å². The van der Waals surface area contributed by atoms with Crippen molar-refractivity contribution in [3.8, 4) is 12.1 Å². The Kier molecular flexibility index (Phi) is 8.02. The summed E-state index contributed by atoms with van der Waals surface area (Å²) < 4.78 is 6.46. The number of pyridine rings is 1. The fourth-order valence-corrected chi connectivity index (χ4v) is 7.37. The smallest absolute Gasteiger partial charge is 0.407 e. The van der Waals surface area contributed by atoms with Crippen LogP contribution < -0.4 is 14.5 Å². The van der Waals surface area contributed by atoms with Gasteiger partial charge in [0.25, 0.3) is 0 Å². The van der Waals surface area contributed by atoms with Crippen molar-refractivity contribution >= 4 is 40.0 Å². The minimum atomic E-state index is -1.000. The average molecular weight is 632 g/mol. The predicted octanol–water partition coefficient (Wildman–Crippen LogP) is 3.48. The molecule has 13 heteroatoms. The molecule has 0 radical (unpaired) electrons. The van der Waals surface area contributed by atoms with Crippen LogP contribution in [-0.4, -0.2) is 118 Å². The number of likely N-dealkylation sites (N-methyl/N-ethyl adjacent to an activating group) is 1. The van der Waals surface area contributed by atoms with E-state index in [9.17, 15) is 15.2 Å². The Morgan fingerprint density at radius 2 is 1.93 bits per heavy atom. The van der Waals surface area contributed by atoms with E-state index in [0.29, 0.717) is 50.2 Å². The lowest BCUT2D eigenvalue weighted by atomic mass is 10.0. The Morgan fingerprint density at radius 3 is 2.69 bits per heavy atom. The summed E-state index contributed by atoms with van der Waals surface area (Å²) in [6.45, 7) is 7.12. The van der Waals surface area contributed by atoms with Gasteiger partial charge >= 0.3 is 12.1 Å². The Hall–Kier alpha value is -3.92. The molecule has 236 valence electrons. The van der Waals surface area contributed by atoms with Crippen molar-refractivity contribution in [3.63, 3.8) is 0 Å². The first-order valence-electron chi connectivity index (χ1n) is 15.7. The number of nitriles is 1. The second-order valence-corrected chi connectivity index (χ2v) is 13.1. The molecule has 2 aromatic heterocycles. The van der Waals surface area contributed by atoms with Crippen molar-refractivity contribution < 1.29 is 14.6 Å². The van der Waals surface area contributed by atoms with E-state index in [-0.39, 0.29) is 12.0 Å². The molecule has 0 unspecified atom stereocenters. The summed E-state index contributed by atoms with van der Waals surface area (Å²) in [6, 6.07) is 7.93. The van der Waals surface area contributed by atoms with Gasteiger partial charge in [-0.2, -0.15) is 15.2 Å². The number of rotatable bonds is 7. The monoisotopic (exact) mass is 631 g/mol. The van der Waals surface area contributed by atoms with Crippen LogP contribution in [0.4, 0.5) is 16.3 Å². The number of hydrogen-bond acceptors (Lipinski definition) is 10. The zero-order chi connectivity index (χ0) is 31.1. The van der Waals surface area contributed by atoms with E-state index in [4.69, 9.17) is 26.3 Å². The van der Waals surface area contributed by atoms with Crippen molar-refractivity contribution in [1.29, 1.82) is 5.26 Å². The molecule has 1 atom stereocenters. The Labute approximate surface area is 267 Å². The lowest BCUT2D eigenvalue weighted by molar-refractivity contribution is 0.0650. The van der Waals surface area contributed by atoms with Gasteiger partial charge in [-0.3, -0.25) is 9.88 Å². The van der Waals surface area contributed by atoms with E-state index in [1.54, 1.807) is 0 Å². The third kappa shape index (κ3) is 5.80. The van der Waals surface area contributed by atoms with Gasteiger partial charge in [0.05, 0.1) is 53.2 Å². The molecule has 45 heavy (non-hydrogen) atoms. The SMILES string of the molecule is CN1CCN(C2(COc3nc4c(c(N5CCN(C(=O)O)[C@@H](CC#N)C5)n3)CCN(c3cncc5cccc(Cl)c35)C4)CC2)CC1. The third-order valence-corrected chi connectivity index (χ3v) is 10.2. The molecule has 3 aliphatic heterocycles. The van der Waals surface area contributed by atoms with Crippen LogP contribution in [0.5, 0.6) is 6.01 Å². The topological polar surface area (TPSA) is 125 Å². The van der Waals surface area contributed by atoms with Gasteiger partial charge in [0, 0.05) is 74.9 Å². The number of anilines is 2. The Balaban J connectivity index is 1.20. The number of hydrogen-bond donors (Lipinski definition) is 1. The minimum Gasteiger partial charge on any atom is -0.465 e. The molecule has 1 aliphatic carbocycles. The van der Waals surface area contributed by atoms with Crippen molar-refractivity contribution in [2.24, 2.45) is 0 Å². The molecule has 3 aromatic rings. The fraction of sp³-hybridized carbons (Fsp3) is 0.531. The normalized spacial score (nSPS) is 21.8. The first-order valence-corrected chi connectivity index (χ1v) is 16.1.